The van der Waals surface area contributed by atoms with Crippen LogP contribution in [0.25, 0.3) is 0 Å². The highest BCUT2D eigenvalue weighted by Gasteiger charge is 2.35. The Morgan fingerprint density at radius 2 is 2.00 bits per heavy atom. The number of ether oxygens (including phenoxy) is 2. The number of hydrogen-bond donors (Lipinski definition) is 1. The maximum Gasteiger partial charge on any atom is 0.226 e. The maximum atomic E-state index is 13.8. The zero-order valence-electron chi connectivity index (χ0n) is 18.1. The summed E-state index contributed by atoms with van der Waals surface area (Å²) in [5.41, 5.74) is 2.50. The van der Waals surface area contributed by atoms with Gasteiger partial charge in [0.25, 0.3) is 0 Å². The Morgan fingerprint density at radius 3 is 2.75 bits per heavy atom. The number of carbonyl (C=O) groups is 1. The Kier molecular flexibility index (Phi) is 7.17. The van der Waals surface area contributed by atoms with Crippen LogP contribution in [-0.2, 0) is 28.0 Å². The van der Waals surface area contributed by atoms with Crippen LogP contribution in [-0.4, -0.2) is 30.6 Å². The number of carbonyl (C=O) groups excluding carboxylic acids is 1. The summed E-state index contributed by atoms with van der Waals surface area (Å²) < 4.78 is 25.1. The Labute approximate surface area is 191 Å². The lowest BCUT2D eigenvalue weighted by atomic mass is 9.74. The van der Waals surface area contributed by atoms with Crippen molar-refractivity contribution >= 4 is 17.2 Å². The largest absolute Gasteiger partial charge is 0.486 e. The second-order valence-corrected chi connectivity index (χ2v) is 9.13. The number of halogens is 1. The topological polar surface area (TPSA) is 60.5 Å². The molecule has 0 atom stereocenters. The van der Waals surface area contributed by atoms with E-state index in [0.29, 0.717) is 26.4 Å². The quantitative estimate of drug-likeness (QED) is 0.541. The molecule has 0 unspecified atom stereocenters. The Bertz CT molecular complexity index is 1050. The highest BCUT2D eigenvalue weighted by atomic mass is 32.1. The second-order valence-electron chi connectivity index (χ2n) is 8.19. The minimum absolute atomic E-state index is 0.0939. The van der Waals surface area contributed by atoms with E-state index < -0.39 is 0 Å². The number of nitrogens with one attached hydrogen (secondary N) is 1. The third-order valence-electron chi connectivity index (χ3n) is 5.84. The van der Waals surface area contributed by atoms with Gasteiger partial charge in [0.15, 0.2) is 0 Å². The fourth-order valence-corrected chi connectivity index (χ4v) is 4.62. The lowest BCUT2D eigenvalue weighted by Crippen LogP contribution is -2.45. The molecule has 4 rings (SSSR count). The summed E-state index contributed by atoms with van der Waals surface area (Å²) in [5, 5.41) is 5.77. The lowest BCUT2D eigenvalue weighted by Gasteiger charge is -2.38. The van der Waals surface area contributed by atoms with Crippen molar-refractivity contribution in [1.29, 1.82) is 0 Å². The number of aryl methyl sites for hydroxylation is 1. The van der Waals surface area contributed by atoms with Crippen molar-refractivity contribution in [3.05, 3.63) is 81.6 Å². The van der Waals surface area contributed by atoms with Crippen LogP contribution in [0.1, 0.15) is 34.7 Å². The maximum absolute atomic E-state index is 13.8. The number of aromatic nitrogens is 1. The smallest absolute Gasteiger partial charge is 0.226 e. The minimum atomic E-state index is -0.314. The molecule has 1 fully saturated rings. The Hall–Kier alpha value is -2.77. The zero-order valence-corrected chi connectivity index (χ0v) is 18.9. The molecule has 0 bridgehead atoms. The van der Waals surface area contributed by atoms with Crippen LogP contribution < -0.4 is 10.1 Å². The van der Waals surface area contributed by atoms with Crippen molar-refractivity contribution < 1.29 is 18.7 Å². The van der Waals surface area contributed by atoms with E-state index in [0.717, 1.165) is 34.9 Å². The Balaban J connectivity index is 1.32. The molecule has 0 spiro atoms. The molecule has 1 aliphatic rings. The fourth-order valence-electron chi connectivity index (χ4n) is 3.92. The van der Waals surface area contributed by atoms with Gasteiger partial charge in [0.05, 0.1) is 12.1 Å². The van der Waals surface area contributed by atoms with Crippen molar-refractivity contribution in [2.45, 2.75) is 38.2 Å². The van der Waals surface area contributed by atoms with E-state index in [1.165, 1.54) is 23.0 Å². The van der Waals surface area contributed by atoms with Gasteiger partial charge in [-0.2, -0.15) is 0 Å². The van der Waals surface area contributed by atoms with E-state index in [1.807, 2.05) is 42.6 Å². The van der Waals surface area contributed by atoms with Crippen LogP contribution in [0.3, 0.4) is 0 Å². The molecule has 1 saturated heterocycles. The lowest BCUT2D eigenvalue weighted by molar-refractivity contribution is -0.121. The number of rotatable bonds is 8. The van der Waals surface area contributed by atoms with E-state index in [9.17, 15) is 9.18 Å². The number of hydrogen-bond acceptors (Lipinski definition) is 5. The molecule has 1 amide bonds. The molecular formula is C25H27FN2O3S. The van der Waals surface area contributed by atoms with Gasteiger partial charge in [-0.25, -0.2) is 9.37 Å². The van der Waals surface area contributed by atoms with Gasteiger partial charge in [-0.05, 0) is 49.6 Å². The van der Waals surface area contributed by atoms with Crippen molar-refractivity contribution in [1.82, 2.24) is 10.3 Å². The second kappa shape index (κ2) is 10.2. The SMILES string of the molecule is Cc1ccc(OCc2nc(CC(=O)NCC3(c4cccc(F)c4)CCOCC3)cs2)cc1. The van der Waals surface area contributed by atoms with Crippen LogP contribution in [0.2, 0.25) is 0 Å². The normalized spacial score (nSPS) is 15.3. The number of amides is 1. The summed E-state index contributed by atoms with van der Waals surface area (Å²) in [6, 6.07) is 14.5. The molecule has 0 radical (unpaired) electrons. The van der Waals surface area contributed by atoms with Crippen LogP contribution in [0, 0.1) is 12.7 Å². The van der Waals surface area contributed by atoms with Crippen LogP contribution in [0.5, 0.6) is 5.75 Å². The molecule has 1 aromatic heterocycles. The molecule has 0 saturated carbocycles. The van der Waals surface area contributed by atoms with Gasteiger partial charge >= 0.3 is 0 Å². The minimum Gasteiger partial charge on any atom is -0.486 e. The van der Waals surface area contributed by atoms with E-state index >= 15 is 0 Å². The van der Waals surface area contributed by atoms with E-state index in [1.54, 1.807) is 12.1 Å². The van der Waals surface area contributed by atoms with Crippen molar-refractivity contribution in [3.8, 4) is 5.75 Å². The van der Waals surface area contributed by atoms with Gasteiger partial charge in [0, 0.05) is 30.6 Å². The van der Waals surface area contributed by atoms with E-state index in [4.69, 9.17) is 9.47 Å². The summed E-state index contributed by atoms with van der Waals surface area (Å²) in [6.45, 7) is 4.06. The number of benzene rings is 2. The van der Waals surface area contributed by atoms with Gasteiger partial charge in [-0.3, -0.25) is 4.79 Å². The molecule has 2 aromatic carbocycles. The summed E-state index contributed by atoms with van der Waals surface area (Å²) in [5.74, 6) is 0.440. The Morgan fingerprint density at radius 1 is 1.22 bits per heavy atom. The molecule has 1 aliphatic heterocycles. The third kappa shape index (κ3) is 5.72. The average Bonchev–Trinajstić information content (AvgIpc) is 3.25. The standard InChI is InChI=1S/C25H27FN2O3S/c1-18-5-7-22(8-6-18)31-15-24-28-21(16-32-24)14-23(29)27-17-25(9-11-30-12-10-25)19-3-2-4-20(26)13-19/h2-8,13,16H,9-12,14-15,17H2,1H3,(H,27,29). The van der Waals surface area contributed by atoms with Gasteiger partial charge in [-0.1, -0.05) is 29.8 Å². The molecule has 5 nitrogen and oxygen atoms in total. The highest BCUT2D eigenvalue weighted by molar-refractivity contribution is 7.09. The van der Waals surface area contributed by atoms with Crippen molar-refractivity contribution in [2.75, 3.05) is 19.8 Å². The molecule has 3 aromatic rings. The number of nitrogens with zero attached hydrogens (tertiary/aromatic N) is 1. The molecule has 0 aliphatic carbocycles. The summed E-state index contributed by atoms with van der Waals surface area (Å²) in [6.07, 6.45) is 1.69. The van der Waals surface area contributed by atoms with Crippen LogP contribution >= 0.6 is 11.3 Å². The first-order valence-corrected chi connectivity index (χ1v) is 11.6. The highest BCUT2D eigenvalue weighted by Crippen LogP contribution is 2.34. The number of thiazole rings is 1. The van der Waals surface area contributed by atoms with Crippen molar-refractivity contribution in [2.24, 2.45) is 0 Å². The first-order chi connectivity index (χ1) is 15.5. The van der Waals surface area contributed by atoms with E-state index in [-0.39, 0.29) is 23.6 Å². The monoisotopic (exact) mass is 454 g/mol. The summed E-state index contributed by atoms with van der Waals surface area (Å²) >= 11 is 1.48. The molecule has 7 heteroatoms. The summed E-state index contributed by atoms with van der Waals surface area (Å²) in [7, 11) is 0. The van der Waals surface area contributed by atoms with Crippen LogP contribution in [0.15, 0.2) is 53.9 Å². The first-order valence-electron chi connectivity index (χ1n) is 10.8. The van der Waals surface area contributed by atoms with Crippen molar-refractivity contribution in [3.63, 3.8) is 0 Å². The molecule has 168 valence electrons. The predicted octanol–water partition coefficient (Wildman–Crippen LogP) is 4.58. The van der Waals surface area contributed by atoms with E-state index in [2.05, 4.69) is 10.3 Å². The average molecular weight is 455 g/mol. The molecular weight excluding hydrogens is 427 g/mol. The first kappa shape index (κ1) is 22.4. The predicted molar refractivity (Wildman–Crippen MR) is 122 cm³/mol. The van der Waals surface area contributed by atoms with Gasteiger partial charge in [0.1, 0.15) is 23.2 Å². The fraction of sp³-hybridized carbons (Fsp3) is 0.360. The zero-order chi connectivity index (χ0) is 22.4. The molecule has 2 heterocycles. The van der Waals surface area contributed by atoms with Gasteiger partial charge in [0.2, 0.25) is 5.91 Å². The third-order valence-corrected chi connectivity index (χ3v) is 6.71. The van der Waals surface area contributed by atoms with Gasteiger partial charge in [-0.15, -0.1) is 11.3 Å². The molecule has 1 N–H and O–H groups in total. The van der Waals surface area contributed by atoms with Gasteiger partial charge < -0.3 is 14.8 Å². The van der Waals surface area contributed by atoms with Crippen LogP contribution in [0.4, 0.5) is 4.39 Å². The summed E-state index contributed by atoms with van der Waals surface area (Å²) in [4.78, 5) is 17.2. The molecule has 32 heavy (non-hydrogen) atoms.